The number of hydrogen-bond acceptors (Lipinski definition) is 3. The Morgan fingerprint density at radius 2 is 1.73 bits per heavy atom. The van der Waals surface area contributed by atoms with E-state index in [2.05, 4.69) is 32.5 Å². The molecule has 30 heavy (non-hydrogen) atoms. The lowest BCUT2D eigenvalue weighted by molar-refractivity contribution is 0.580. The molecule has 0 saturated carbocycles. The topological polar surface area (TPSA) is 82.6 Å². The van der Waals surface area contributed by atoms with Gasteiger partial charge in [-0.1, -0.05) is 36.4 Å². The standard InChI is InChI=1S/C21H25FN4O2S.HI/c1-23-21(26-19-9-2-3-10-19)24-14-17-7-5-11-20(13-17)29(27,28)25-15-16-6-4-8-18(22)12-16;/h2-8,11-13,19,25H,9-10,14-15H2,1H3,(H2,23,24,26);1H. The molecule has 0 aliphatic heterocycles. The maximum atomic E-state index is 13.3. The summed E-state index contributed by atoms with van der Waals surface area (Å²) in [7, 11) is -2.01. The van der Waals surface area contributed by atoms with E-state index in [1.54, 1.807) is 31.3 Å². The Hall–Kier alpha value is -1.98. The molecule has 0 amide bonds. The average molecular weight is 544 g/mol. The molecule has 0 saturated heterocycles. The second-order valence-corrected chi connectivity index (χ2v) is 8.58. The lowest BCUT2D eigenvalue weighted by atomic mass is 10.2. The van der Waals surface area contributed by atoms with E-state index in [4.69, 9.17) is 0 Å². The zero-order valence-corrected chi connectivity index (χ0v) is 19.8. The fourth-order valence-electron chi connectivity index (χ4n) is 3.04. The number of guanidine groups is 1. The molecular formula is C21H26FIN4O2S. The molecule has 162 valence electrons. The van der Waals surface area contributed by atoms with Gasteiger partial charge in [-0.25, -0.2) is 17.5 Å². The maximum Gasteiger partial charge on any atom is 0.240 e. The van der Waals surface area contributed by atoms with Crippen molar-refractivity contribution in [1.29, 1.82) is 0 Å². The van der Waals surface area contributed by atoms with Crippen LogP contribution in [0.1, 0.15) is 24.0 Å². The highest BCUT2D eigenvalue weighted by molar-refractivity contribution is 14.0. The third-order valence-corrected chi connectivity index (χ3v) is 6.00. The number of nitrogens with one attached hydrogen (secondary N) is 3. The Morgan fingerprint density at radius 3 is 2.40 bits per heavy atom. The number of rotatable bonds is 7. The second kappa shape index (κ2) is 11.4. The summed E-state index contributed by atoms with van der Waals surface area (Å²) in [6.07, 6.45) is 6.20. The first kappa shape index (κ1) is 24.3. The van der Waals surface area contributed by atoms with Gasteiger partial charge >= 0.3 is 0 Å². The van der Waals surface area contributed by atoms with E-state index in [-0.39, 0.29) is 35.4 Å². The van der Waals surface area contributed by atoms with Crippen LogP contribution in [0.5, 0.6) is 0 Å². The molecule has 0 atom stereocenters. The van der Waals surface area contributed by atoms with Crippen LogP contribution < -0.4 is 15.4 Å². The van der Waals surface area contributed by atoms with E-state index in [9.17, 15) is 12.8 Å². The molecule has 0 spiro atoms. The van der Waals surface area contributed by atoms with Crippen molar-refractivity contribution < 1.29 is 12.8 Å². The molecule has 0 unspecified atom stereocenters. The Morgan fingerprint density at radius 1 is 1.07 bits per heavy atom. The Bertz CT molecular complexity index is 1000. The quantitative estimate of drug-likeness (QED) is 0.216. The largest absolute Gasteiger partial charge is 0.353 e. The molecule has 1 aliphatic rings. The van der Waals surface area contributed by atoms with Gasteiger partial charge in [-0.2, -0.15) is 0 Å². The summed E-state index contributed by atoms with van der Waals surface area (Å²) in [5, 5.41) is 6.55. The predicted octanol–water partition coefficient (Wildman–Crippen LogP) is 3.31. The number of hydrogen-bond donors (Lipinski definition) is 3. The van der Waals surface area contributed by atoms with Crippen molar-refractivity contribution in [2.75, 3.05) is 7.05 Å². The first-order valence-electron chi connectivity index (χ1n) is 9.41. The van der Waals surface area contributed by atoms with Crippen LogP contribution in [-0.2, 0) is 23.1 Å². The van der Waals surface area contributed by atoms with Crippen molar-refractivity contribution in [2.24, 2.45) is 4.99 Å². The highest BCUT2D eigenvalue weighted by Gasteiger charge is 2.15. The summed E-state index contributed by atoms with van der Waals surface area (Å²) < 4.78 is 41.0. The van der Waals surface area contributed by atoms with E-state index >= 15 is 0 Å². The summed E-state index contributed by atoms with van der Waals surface area (Å²) in [5.74, 6) is 0.279. The molecular weight excluding hydrogens is 518 g/mol. The van der Waals surface area contributed by atoms with Crippen LogP contribution >= 0.6 is 24.0 Å². The van der Waals surface area contributed by atoms with Crippen LogP contribution in [0.25, 0.3) is 0 Å². The second-order valence-electron chi connectivity index (χ2n) is 6.81. The van der Waals surface area contributed by atoms with Crippen LogP contribution in [0.2, 0.25) is 0 Å². The molecule has 0 radical (unpaired) electrons. The lowest BCUT2D eigenvalue weighted by Gasteiger charge is -2.17. The van der Waals surface area contributed by atoms with Crippen molar-refractivity contribution in [2.45, 2.75) is 36.9 Å². The van der Waals surface area contributed by atoms with Crippen molar-refractivity contribution in [3.05, 3.63) is 77.6 Å². The highest BCUT2D eigenvalue weighted by Crippen LogP contribution is 2.13. The molecule has 0 fully saturated rings. The van der Waals surface area contributed by atoms with Gasteiger partial charge in [-0.15, -0.1) is 24.0 Å². The van der Waals surface area contributed by atoms with E-state index in [0.29, 0.717) is 24.1 Å². The summed E-state index contributed by atoms with van der Waals surface area (Å²) in [6.45, 7) is 0.460. The molecule has 0 heterocycles. The van der Waals surface area contributed by atoms with Crippen molar-refractivity contribution in [3.8, 4) is 0 Å². The number of aliphatic imine (C=N–C) groups is 1. The Labute approximate surface area is 194 Å². The first-order valence-corrected chi connectivity index (χ1v) is 10.9. The molecule has 3 N–H and O–H groups in total. The van der Waals surface area contributed by atoms with Gasteiger partial charge in [-0.3, -0.25) is 4.99 Å². The molecule has 9 heteroatoms. The Kier molecular flexibility index (Phi) is 9.25. The summed E-state index contributed by atoms with van der Waals surface area (Å²) in [5.41, 5.74) is 1.37. The molecule has 2 aromatic carbocycles. The minimum atomic E-state index is -3.71. The van der Waals surface area contributed by atoms with Gasteiger partial charge in [0.15, 0.2) is 5.96 Å². The predicted molar refractivity (Wildman–Crippen MR) is 128 cm³/mol. The van der Waals surface area contributed by atoms with Gasteiger partial charge in [0.1, 0.15) is 5.82 Å². The SMILES string of the molecule is CN=C(NCc1cccc(S(=O)(=O)NCc2cccc(F)c2)c1)NC1CC=CC1.I. The van der Waals surface area contributed by atoms with E-state index in [1.165, 1.54) is 18.2 Å². The minimum absolute atomic E-state index is 0. The minimum Gasteiger partial charge on any atom is -0.353 e. The van der Waals surface area contributed by atoms with Gasteiger partial charge in [0.05, 0.1) is 4.90 Å². The third-order valence-electron chi connectivity index (χ3n) is 4.60. The first-order chi connectivity index (χ1) is 14.0. The molecule has 1 aliphatic carbocycles. The van der Waals surface area contributed by atoms with E-state index in [1.807, 2.05) is 6.07 Å². The average Bonchev–Trinajstić information content (AvgIpc) is 3.23. The molecule has 0 aromatic heterocycles. The van der Waals surface area contributed by atoms with Gasteiger partial charge in [0.25, 0.3) is 0 Å². The van der Waals surface area contributed by atoms with Crippen molar-refractivity contribution in [3.63, 3.8) is 0 Å². The van der Waals surface area contributed by atoms with Gasteiger partial charge < -0.3 is 10.6 Å². The number of sulfonamides is 1. The molecule has 3 rings (SSSR count). The van der Waals surface area contributed by atoms with E-state index < -0.39 is 15.8 Å². The highest BCUT2D eigenvalue weighted by atomic mass is 127. The fraction of sp³-hybridized carbons (Fsp3) is 0.286. The molecule has 0 bridgehead atoms. The molecule has 6 nitrogen and oxygen atoms in total. The monoisotopic (exact) mass is 544 g/mol. The smallest absolute Gasteiger partial charge is 0.240 e. The normalized spacial score (nSPS) is 14.4. The summed E-state index contributed by atoms with van der Waals surface area (Å²) in [6, 6.07) is 12.9. The zero-order chi connectivity index (χ0) is 20.7. The zero-order valence-electron chi connectivity index (χ0n) is 16.6. The van der Waals surface area contributed by atoms with Gasteiger partial charge in [0.2, 0.25) is 10.0 Å². The van der Waals surface area contributed by atoms with Gasteiger partial charge in [-0.05, 0) is 48.2 Å². The van der Waals surface area contributed by atoms with Crippen LogP contribution in [0.3, 0.4) is 0 Å². The number of benzene rings is 2. The molecule has 2 aromatic rings. The maximum absolute atomic E-state index is 13.3. The lowest BCUT2D eigenvalue weighted by Crippen LogP contribution is -2.42. The summed E-state index contributed by atoms with van der Waals surface area (Å²) >= 11 is 0. The van der Waals surface area contributed by atoms with Crippen molar-refractivity contribution in [1.82, 2.24) is 15.4 Å². The van der Waals surface area contributed by atoms with Gasteiger partial charge in [0, 0.05) is 26.2 Å². The number of halogens is 2. The van der Waals surface area contributed by atoms with E-state index in [0.717, 1.165) is 18.4 Å². The van der Waals surface area contributed by atoms with Crippen LogP contribution in [0, 0.1) is 5.82 Å². The van der Waals surface area contributed by atoms with Crippen LogP contribution in [0.4, 0.5) is 4.39 Å². The van der Waals surface area contributed by atoms with Crippen LogP contribution in [0.15, 0.2) is 70.6 Å². The Balaban J connectivity index is 0.00000320. The summed E-state index contributed by atoms with van der Waals surface area (Å²) in [4.78, 5) is 4.38. The van der Waals surface area contributed by atoms with Crippen LogP contribution in [-0.4, -0.2) is 27.5 Å². The fourth-order valence-corrected chi connectivity index (χ4v) is 4.13. The number of nitrogens with zero attached hydrogens (tertiary/aromatic N) is 1. The third kappa shape index (κ3) is 7.06. The van der Waals surface area contributed by atoms with Crippen molar-refractivity contribution >= 4 is 40.0 Å².